The molecule has 0 heterocycles. The zero-order chi connectivity index (χ0) is 23.2. The Balaban J connectivity index is 2.26. The summed E-state index contributed by atoms with van der Waals surface area (Å²) in [5, 5.41) is 3.02. The smallest absolute Gasteiger partial charge is 0.261 e. The molecule has 0 saturated carbocycles. The molecule has 0 unspecified atom stereocenters. The van der Waals surface area contributed by atoms with E-state index in [9.17, 15) is 9.59 Å². The van der Waals surface area contributed by atoms with Gasteiger partial charge in [0, 0.05) is 12.1 Å². The zero-order valence-corrected chi connectivity index (χ0v) is 19.9. The first kappa shape index (κ1) is 24.4. The van der Waals surface area contributed by atoms with E-state index in [4.69, 9.17) is 4.74 Å². The average Bonchev–Trinajstić information content (AvgIpc) is 2.68. The number of nitrogens with zero attached hydrogens (tertiary/aromatic N) is 1. The lowest BCUT2D eigenvalue weighted by Crippen LogP contribution is -2.54. The van der Waals surface area contributed by atoms with E-state index in [1.54, 1.807) is 4.90 Å². The molecule has 0 saturated heterocycles. The second-order valence-electron chi connectivity index (χ2n) is 9.15. The van der Waals surface area contributed by atoms with Crippen molar-refractivity contribution in [2.45, 2.75) is 73.0 Å². The predicted molar refractivity (Wildman–Crippen MR) is 125 cm³/mol. The van der Waals surface area contributed by atoms with Crippen molar-refractivity contribution in [2.75, 3.05) is 6.61 Å². The van der Waals surface area contributed by atoms with Crippen molar-refractivity contribution in [3.8, 4) is 5.75 Å². The number of ether oxygens (including phenoxy) is 1. The van der Waals surface area contributed by atoms with Crippen molar-refractivity contribution in [3.05, 3.63) is 64.7 Å². The van der Waals surface area contributed by atoms with Crippen molar-refractivity contribution in [1.82, 2.24) is 10.2 Å². The Morgan fingerprint density at radius 1 is 1.00 bits per heavy atom. The van der Waals surface area contributed by atoms with Crippen molar-refractivity contribution in [2.24, 2.45) is 0 Å². The topological polar surface area (TPSA) is 58.6 Å². The molecule has 2 aromatic carbocycles. The van der Waals surface area contributed by atoms with Gasteiger partial charge in [0.05, 0.1) is 0 Å². The number of hydrogen-bond donors (Lipinski definition) is 1. The number of amides is 2. The first-order chi connectivity index (χ1) is 14.5. The van der Waals surface area contributed by atoms with Crippen LogP contribution in [0.5, 0.6) is 5.75 Å². The highest BCUT2D eigenvalue weighted by atomic mass is 16.5. The number of nitrogens with one attached hydrogen (secondary N) is 1. The minimum absolute atomic E-state index is 0.117. The summed E-state index contributed by atoms with van der Waals surface area (Å²) < 4.78 is 5.80. The van der Waals surface area contributed by atoms with Gasteiger partial charge in [-0.15, -0.1) is 0 Å². The van der Waals surface area contributed by atoms with Gasteiger partial charge >= 0.3 is 0 Å². The van der Waals surface area contributed by atoms with Gasteiger partial charge in [0.1, 0.15) is 11.8 Å². The average molecular weight is 425 g/mol. The molecule has 0 aliphatic carbocycles. The summed E-state index contributed by atoms with van der Waals surface area (Å²) in [7, 11) is 0. The fraction of sp³-hybridized carbons (Fsp3) is 0.462. The molecule has 1 atom stereocenters. The van der Waals surface area contributed by atoms with Crippen LogP contribution in [0.2, 0.25) is 0 Å². The van der Waals surface area contributed by atoms with Crippen LogP contribution in [0.15, 0.2) is 42.5 Å². The third-order valence-corrected chi connectivity index (χ3v) is 5.33. The second-order valence-corrected chi connectivity index (χ2v) is 9.15. The molecule has 1 N–H and O–H groups in total. The summed E-state index contributed by atoms with van der Waals surface area (Å²) in [4.78, 5) is 27.9. The largest absolute Gasteiger partial charge is 0.484 e. The number of hydrogen-bond acceptors (Lipinski definition) is 3. The number of rotatable bonds is 8. The molecule has 2 rings (SSSR count). The maximum Gasteiger partial charge on any atom is 0.261 e. The minimum Gasteiger partial charge on any atom is -0.484 e. The van der Waals surface area contributed by atoms with E-state index in [-0.39, 0.29) is 24.0 Å². The molecule has 0 bridgehead atoms. The van der Waals surface area contributed by atoms with Gasteiger partial charge in [-0.25, -0.2) is 0 Å². The monoisotopic (exact) mass is 424 g/mol. The van der Waals surface area contributed by atoms with Crippen molar-refractivity contribution in [1.29, 1.82) is 0 Å². The molecular weight excluding hydrogens is 388 g/mol. The second kappa shape index (κ2) is 10.5. The molecule has 2 amide bonds. The number of carbonyl (C=O) groups is 2. The molecule has 0 fully saturated rings. The van der Waals surface area contributed by atoms with Crippen molar-refractivity contribution in [3.63, 3.8) is 0 Å². The fourth-order valence-corrected chi connectivity index (χ4v) is 3.38. The summed E-state index contributed by atoms with van der Waals surface area (Å²) in [6, 6.07) is 13.1. The first-order valence-corrected chi connectivity index (χ1v) is 10.9. The first-order valence-electron chi connectivity index (χ1n) is 10.9. The molecule has 31 heavy (non-hydrogen) atoms. The van der Waals surface area contributed by atoms with Gasteiger partial charge in [0.25, 0.3) is 5.91 Å². The number of aryl methyl sites for hydroxylation is 3. The van der Waals surface area contributed by atoms with Crippen LogP contribution < -0.4 is 10.1 Å². The number of benzene rings is 2. The van der Waals surface area contributed by atoms with Gasteiger partial charge in [-0.2, -0.15) is 0 Å². The highest BCUT2D eigenvalue weighted by molar-refractivity contribution is 5.88. The van der Waals surface area contributed by atoms with Crippen LogP contribution in [0.4, 0.5) is 0 Å². The van der Waals surface area contributed by atoms with Crippen LogP contribution in [0.3, 0.4) is 0 Å². The van der Waals surface area contributed by atoms with E-state index in [0.717, 1.165) is 16.7 Å². The zero-order valence-electron chi connectivity index (χ0n) is 19.9. The summed E-state index contributed by atoms with van der Waals surface area (Å²) in [6.07, 6.45) is 0.517. The van der Waals surface area contributed by atoms with Crippen LogP contribution in [0.1, 0.15) is 56.4 Å². The molecule has 0 aromatic heterocycles. The van der Waals surface area contributed by atoms with Crippen LogP contribution in [-0.2, 0) is 16.1 Å². The van der Waals surface area contributed by atoms with E-state index in [0.29, 0.717) is 18.7 Å². The van der Waals surface area contributed by atoms with Gasteiger partial charge in [-0.3, -0.25) is 9.59 Å². The van der Waals surface area contributed by atoms with Crippen molar-refractivity contribution < 1.29 is 14.3 Å². The molecule has 5 nitrogen and oxygen atoms in total. The van der Waals surface area contributed by atoms with E-state index in [1.165, 1.54) is 5.56 Å². The predicted octanol–water partition coefficient (Wildman–Crippen LogP) is 4.71. The fourth-order valence-electron chi connectivity index (χ4n) is 3.38. The Labute approximate surface area is 186 Å². The number of carbonyl (C=O) groups excluding carboxylic acids is 2. The van der Waals surface area contributed by atoms with Crippen LogP contribution >= 0.6 is 0 Å². The molecule has 168 valence electrons. The van der Waals surface area contributed by atoms with Crippen molar-refractivity contribution >= 4 is 11.8 Å². The molecule has 2 aromatic rings. The molecular formula is C26H36N2O3. The van der Waals surface area contributed by atoms with Gasteiger partial charge in [-0.05, 0) is 82.3 Å². The lowest BCUT2D eigenvalue weighted by Gasteiger charge is -2.33. The van der Waals surface area contributed by atoms with Gasteiger partial charge in [0.15, 0.2) is 6.61 Å². The van der Waals surface area contributed by atoms with E-state index >= 15 is 0 Å². The standard InChI is InChI=1S/C26H36N2O3/c1-8-23(25(30)27-26(5,6)7)28(16-21-12-10-9-11-19(21)3)24(29)17-31-22-14-13-18(2)20(4)15-22/h9-15,23H,8,16-17H2,1-7H3,(H,27,30)/t23-/m0/s1. The Morgan fingerprint density at radius 2 is 1.68 bits per heavy atom. The maximum atomic E-state index is 13.3. The minimum atomic E-state index is -0.574. The van der Waals surface area contributed by atoms with E-state index in [2.05, 4.69) is 5.32 Å². The molecule has 0 aliphatic heterocycles. The summed E-state index contributed by atoms with van der Waals surface area (Å²) in [6.45, 7) is 14.0. The maximum absolute atomic E-state index is 13.3. The Bertz CT molecular complexity index is 915. The Hall–Kier alpha value is -2.82. The third kappa shape index (κ3) is 7.12. The molecule has 0 aliphatic rings. The normalized spacial score (nSPS) is 12.2. The van der Waals surface area contributed by atoms with E-state index in [1.807, 2.05) is 90.9 Å². The van der Waals surface area contributed by atoms with E-state index < -0.39 is 6.04 Å². The van der Waals surface area contributed by atoms with Gasteiger partial charge in [0.2, 0.25) is 5.91 Å². The quantitative estimate of drug-likeness (QED) is 0.667. The van der Waals surface area contributed by atoms with Crippen LogP contribution in [-0.4, -0.2) is 34.9 Å². The van der Waals surface area contributed by atoms with Gasteiger partial charge in [-0.1, -0.05) is 37.3 Å². The Morgan fingerprint density at radius 3 is 2.26 bits per heavy atom. The third-order valence-electron chi connectivity index (χ3n) is 5.33. The molecule has 0 spiro atoms. The highest BCUT2D eigenvalue weighted by Gasteiger charge is 2.31. The molecule has 5 heteroatoms. The van der Waals surface area contributed by atoms with Crippen LogP contribution in [0, 0.1) is 20.8 Å². The Kier molecular flexibility index (Phi) is 8.26. The highest BCUT2D eigenvalue weighted by Crippen LogP contribution is 2.19. The van der Waals surface area contributed by atoms with Gasteiger partial charge < -0.3 is 15.0 Å². The summed E-state index contributed by atoms with van der Waals surface area (Å²) in [5.74, 6) is 0.292. The lowest BCUT2D eigenvalue weighted by molar-refractivity contribution is -0.143. The molecule has 0 radical (unpaired) electrons. The summed E-state index contributed by atoms with van der Waals surface area (Å²) in [5.41, 5.74) is 4.01. The SMILES string of the molecule is CC[C@@H](C(=O)NC(C)(C)C)N(Cc1ccccc1C)C(=O)COc1ccc(C)c(C)c1. The summed E-state index contributed by atoms with van der Waals surface area (Å²) >= 11 is 0. The van der Waals surface area contributed by atoms with Crippen LogP contribution in [0.25, 0.3) is 0 Å². The lowest BCUT2D eigenvalue weighted by atomic mass is 10.0.